The van der Waals surface area contributed by atoms with Gasteiger partial charge in [-0.3, -0.25) is 9.79 Å². The lowest BCUT2D eigenvalue weighted by molar-refractivity contribution is -0.123. The van der Waals surface area contributed by atoms with Crippen LogP contribution in [0.3, 0.4) is 0 Å². The number of halogens is 1. The number of nitrogens with one attached hydrogen (secondary N) is 1. The van der Waals surface area contributed by atoms with E-state index in [2.05, 4.69) is 5.32 Å². The molecule has 1 aromatic rings. The molecule has 1 unspecified atom stereocenters. The Labute approximate surface area is 188 Å². The minimum atomic E-state index is -0.396. The number of carbonyl (C=O) groups is 1. The zero-order chi connectivity index (χ0) is 22.7. The van der Waals surface area contributed by atoms with Gasteiger partial charge in [0.1, 0.15) is 5.83 Å². The van der Waals surface area contributed by atoms with Gasteiger partial charge < -0.3 is 19.7 Å². The summed E-state index contributed by atoms with van der Waals surface area (Å²) in [6.07, 6.45) is 7.40. The maximum atomic E-state index is 15.0. The first-order valence-electron chi connectivity index (χ1n) is 11.1. The predicted octanol–water partition coefficient (Wildman–Crippen LogP) is 3.90. The van der Waals surface area contributed by atoms with E-state index in [1.165, 1.54) is 11.0 Å². The summed E-state index contributed by atoms with van der Waals surface area (Å²) in [6.45, 7) is 4.15. The monoisotopic (exact) mass is 439 g/mol. The number of nitrogens with zero attached hydrogens (tertiary/aromatic N) is 2. The van der Waals surface area contributed by atoms with E-state index in [4.69, 9.17) is 14.5 Å². The van der Waals surface area contributed by atoms with Crippen molar-refractivity contribution >= 4 is 17.2 Å². The zero-order valence-corrected chi connectivity index (χ0v) is 18.9. The van der Waals surface area contributed by atoms with Crippen LogP contribution >= 0.6 is 0 Å². The number of rotatable bonds is 4. The van der Waals surface area contributed by atoms with E-state index < -0.39 is 5.83 Å². The summed E-state index contributed by atoms with van der Waals surface area (Å²) in [6, 6.07) is 5.80. The Morgan fingerprint density at radius 1 is 1.12 bits per heavy atom. The van der Waals surface area contributed by atoms with Crippen molar-refractivity contribution in [1.29, 1.82) is 0 Å². The van der Waals surface area contributed by atoms with Crippen molar-refractivity contribution in [3.05, 3.63) is 53.5 Å². The summed E-state index contributed by atoms with van der Waals surface area (Å²) in [4.78, 5) is 19.5. The van der Waals surface area contributed by atoms with Gasteiger partial charge in [-0.05, 0) is 67.6 Å². The summed E-state index contributed by atoms with van der Waals surface area (Å²) in [5.41, 5.74) is 2.73. The molecule has 6 nitrogen and oxygen atoms in total. The predicted molar refractivity (Wildman–Crippen MR) is 124 cm³/mol. The topological polar surface area (TPSA) is 63.2 Å². The molecule has 3 aliphatic rings. The van der Waals surface area contributed by atoms with Crippen LogP contribution in [0.4, 0.5) is 4.39 Å². The van der Waals surface area contributed by atoms with E-state index in [9.17, 15) is 9.18 Å². The Kier molecular flexibility index (Phi) is 6.74. The molecule has 0 saturated carbocycles. The lowest BCUT2D eigenvalue weighted by Crippen LogP contribution is -2.39. The summed E-state index contributed by atoms with van der Waals surface area (Å²) in [5, 5.41) is 3.31. The van der Waals surface area contributed by atoms with Crippen molar-refractivity contribution in [2.24, 2.45) is 10.9 Å². The Balaban J connectivity index is 1.65. The smallest absolute Gasteiger partial charge is 0.251 e. The second kappa shape index (κ2) is 9.69. The molecule has 1 saturated heterocycles. The fraction of sp³-hybridized carbons (Fsp3) is 0.440. The van der Waals surface area contributed by atoms with E-state index in [-0.39, 0.29) is 24.4 Å². The van der Waals surface area contributed by atoms with Crippen LogP contribution in [0.1, 0.15) is 31.7 Å². The lowest BCUT2D eigenvalue weighted by Gasteiger charge is -2.31. The van der Waals surface area contributed by atoms with E-state index in [0.29, 0.717) is 29.3 Å². The Bertz CT molecular complexity index is 1010. The second-order valence-corrected chi connectivity index (χ2v) is 8.41. The highest BCUT2D eigenvalue weighted by Crippen LogP contribution is 2.36. The van der Waals surface area contributed by atoms with Crippen molar-refractivity contribution in [3.63, 3.8) is 0 Å². The Morgan fingerprint density at radius 3 is 2.59 bits per heavy atom. The molecule has 1 amide bonds. The average molecular weight is 440 g/mol. The molecule has 170 valence electrons. The van der Waals surface area contributed by atoms with Crippen molar-refractivity contribution in [3.8, 4) is 11.5 Å². The molecule has 0 aliphatic carbocycles. The van der Waals surface area contributed by atoms with Gasteiger partial charge in [0, 0.05) is 6.08 Å². The average Bonchev–Trinajstić information content (AvgIpc) is 2.80. The van der Waals surface area contributed by atoms with E-state index in [1.807, 2.05) is 31.2 Å². The minimum absolute atomic E-state index is 0.0318. The molecule has 1 N–H and O–H groups in total. The van der Waals surface area contributed by atoms with Crippen molar-refractivity contribution in [2.45, 2.75) is 32.2 Å². The number of carbonyl (C=O) groups excluding carboxylic acids is 1. The minimum Gasteiger partial charge on any atom is -0.493 e. The number of aliphatic imine (C=N–C) groups is 1. The van der Waals surface area contributed by atoms with Gasteiger partial charge in [0.2, 0.25) is 0 Å². The summed E-state index contributed by atoms with van der Waals surface area (Å²) in [7, 11) is 3.18. The second-order valence-electron chi connectivity index (χ2n) is 8.41. The lowest BCUT2D eigenvalue weighted by atomic mass is 9.88. The maximum absolute atomic E-state index is 15.0. The number of piperidine rings is 1. The van der Waals surface area contributed by atoms with Gasteiger partial charge in [0.05, 0.1) is 38.2 Å². The highest BCUT2D eigenvalue weighted by Gasteiger charge is 2.29. The molecule has 0 radical (unpaired) electrons. The quantitative estimate of drug-likeness (QED) is 0.773. The highest BCUT2D eigenvalue weighted by molar-refractivity contribution is 6.05. The molecule has 0 aromatic heterocycles. The normalized spacial score (nSPS) is 23.6. The number of fused-ring (bicyclic) bond motifs is 1. The Morgan fingerprint density at radius 2 is 1.88 bits per heavy atom. The number of ether oxygens (including phenoxy) is 2. The number of hydrogen-bond acceptors (Lipinski definition) is 5. The fourth-order valence-corrected chi connectivity index (χ4v) is 4.45. The van der Waals surface area contributed by atoms with Gasteiger partial charge in [-0.15, -0.1) is 0 Å². The number of amides is 1. The van der Waals surface area contributed by atoms with Gasteiger partial charge in [-0.2, -0.15) is 0 Å². The molecule has 1 fully saturated rings. The number of benzene rings is 1. The number of hydrogen-bond donors (Lipinski definition) is 1. The van der Waals surface area contributed by atoms with Crippen LogP contribution < -0.4 is 14.8 Å². The standard InChI is InChI=1S/C25H30FN3O3/c1-16-4-6-22-21(26)13-19(28-18-8-10-27-11-9-18)15-29(22)25(30)14-20(16)17-5-7-23(31-2)24(12-17)32-3/h5-7,12-14,16,18,27H,4,8-11,15H2,1-3H3. The van der Waals surface area contributed by atoms with E-state index in [0.717, 1.165) is 37.1 Å². The van der Waals surface area contributed by atoms with Crippen LogP contribution in [0.15, 0.2) is 52.9 Å². The van der Waals surface area contributed by atoms with Crippen LogP contribution in [-0.2, 0) is 4.79 Å². The first-order valence-corrected chi connectivity index (χ1v) is 11.1. The van der Waals surface area contributed by atoms with Crippen LogP contribution in [0, 0.1) is 5.92 Å². The highest BCUT2D eigenvalue weighted by atomic mass is 19.1. The van der Waals surface area contributed by atoms with Crippen molar-refractivity contribution in [1.82, 2.24) is 10.2 Å². The van der Waals surface area contributed by atoms with E-state index in [1.54, 1.807) is 20.3 Å². The third-order valence-electron chi connectivity index (χ3n) is 6.26. The fourth-order valence-electron chi connectivity index (χ4n) is 4.45. The third kappa shape index (κ3) is 4.63. The van der Waals surface area contributed by atoms with Gasteiger partial charge in [0.25, 0.3) is 5.91 Å². The molecule has 1 atom stereocenters. The van der Waals surface area contributed by atoms with Crippen LogP contribution in [0.2, 0.25) is 0 Å². The number of allylic oxidation sites excluding steroid dienone is 3. The van der Waals surface area contributed by atoms with Gasteiger partial charge >= 0.3 is 0 Å². The van der Waals surface area contributed by atoms with Gasteiger partial charge in [0.15, 0.2) is 11.5 Å². The molecule has 3 heterocycles. The summed E-state index contributed by atoms with van der Waals surface area (Å²) < 4.78 is 25.8. The first-order chi connectivity index (χ1) is 15.5. The molecule has 0 spiro atoms. The van der Waals surface area contributed by atoms with Gasteiger partial charge in [-0.25, -0.2) is 4.39 Å². The summed E-state index contributed by atoms with van der Waals surface area (Å²) >= 11 is 0. The molecule has 0 bridgehead atoms. The zero-order valence-electron chi connectivity index (χ0n) is 18.9. The SMILES string of the molecule is COc1ccc(C2=CC(=O)N3CC(=NC4CCNCC4)C=C(F)C3=CCC2C)cc1OC. The van der Waals surface area contributed by atoms with Crippen LogP contribution in [0.25, 0.3) is 5.57 Å². The molecule has 3 aliphatic heterocycles. The maximum Gasteiger partial charge on any atom is 0.251 e. The van der Waals surface area contributed by atoms with Crippen molar-refractivity contribution in [2.75, 3.05) is 33.9 Å². The van der Waals surface area contributed by atoms with Crippen LogP contribution in [-0.4, -0.2) is 56.4 Å². The molecular formula is C25H30FN3O3. The van der Waals surface area contributed by atoms with Gasteiger partial charge in [-0.1, -0.05) is 19.1 Å². The molecular weight excluding hydrogens is 409 g/mol. The molecule has 32 heavy (non-hydrogen) atoms. The number of methoxy groups -OCH3 is 2. The van der Waals surface area contributed by atoms with Crippen molar-refractivity contribution < 1.29 is 18.7 Å². The molecule has 4 rings (SSSR count). The molecule has 7 heteroatoms. The third-order valence-corrected chi connectivity index (χ3v) is 6.26. The molecule has 1 aromatic carbocycles. The van der Waals surface area contributed by atoms with E-state index >= 15 is 0 Å². The van der Waals surface area contributed by atoms with Crippen LogP contribution in [0.5, 0.6) is 11.5 Å². The summed E-state index contributed by atoms with van der Waals surface area (Å²) in [5.74, 6) is 0.628. The first kappa shape index (κ1) is 22.3. The largest absolute Gasteiger partial charge is 0.493 e. The Hall–Kier alpha value is -2.93.